The summed E-state index contributed by atoms with van der Waals surface area (Å²) in [5.74, 6) is 1.67. The number of amidine groups is 1. The summed E-state index contributed by atoms with van der Waals surface area (Å²) in [6, 6.07) is 11.6. The smallest absolute Gasteiger partial charge is 0.205 e. The highest BCUT2D eigenvalue weighted by Crippen LogP contribution is 2.29. The van der Waals surface area contributed by atoms with Crippen molar-refractivity contribution in [1.29, 1.82) is 0 Å². The highest BCUT2D eigenvalue weighted by molar-refractivity contribution is 6.10. The number of aromatic nitrogens is 1. The molecule has 0 saturated carbocycles. The van der Waals surface area contributed by atoms with Gasteiger partial charge in [-0.1, -0.05) is 12.1 Å². The molecule has 2 aliphatic heterocycles. The number of carbonyl (C=O) groups is 1. The van der Waals surface area contributed by atoms with Gasteiger partial charge in [-0.25, -0.2) is 0 Å². The summed E-state index contributed by atoms with van der Waals surface area (Å²) in [7, 11) is 0. The van der Waals surface area contributed by atoms with E-state index in [1.807, 2.05) is 30.3 Å². The molecule has 1 aromatic carbocycles. The number of hydrogen-bond donors (Lipinski definition) is 2. The summed E-state index contributed by atoms with van der Waals surface area (Å²) in [6.07, 6.45) is 3.38. The van der Waals surface area contributed by atoms with E-state index in [0.29, 0.717) is 5.69 Å². The average molecular weight is 278 g/mol. The Labute approximate surface area is 122 Å². The number of aromatic amines is 1. The lowest BCUT2D eigenvalue weighted by molar-refractivity contribution is 0.104. The molecule has 3 heterocycles. The van der Waals surface area contributed by atoms with Crippen LogP contribution in [0.1, 0.15) is 16.1 Å². The number of nitrogens with one attached hydrogen (secondary N) is 2. The van der Waals surface area contributed by atoms with Gasteiger partial charge in [0.1, 0.15) is 11.7 Å². The third-order valence-corrected chi connectivity index (χ3v) is 3.69. The quantitative estimate of drug-likeness (QED) is 0.654. The van der Waals surface area contributed by atoms with Crippen LogP contribution < -0.4 is 5.32 Å². The molecule has 5 heteroatoms. The van der Waals surface area contributed by atoms with Gasteiger partial charge in [-0.05, 0) is 24.3 Å². The van der Waals surface area contributed by atoms with Crippen LogP contribution in [0.2, 0.25) is 0 Å². The number of allylic oxidation sites excluding steroid dienone is 1. The molecule has 0 spiro atoms. The van der Waals surface area contributed by atoms with Crippen molar-refractivity contribution in [3.63, 3.8) is 0 Å². The van der Waals surface area contributed by atoms with Gasteiger partial charge < -0.3 is 15.2 Å². The highest BCUT2D eigenvalue weighted by atomic mass is 16.1. The molecule has 0 aliphatic carbocycles. The van der Waals surface area contributed by atoms with Crippen molar-refractivity contribution in [2.75, 3.05) is 18.4 Å². The van der Waals surface area contributed by atoms with Gasteiger partial charge in [0, 0.05) is 24.4 Å². The number of hydrogen-bond acceptors (Lipinski definition) is 4. The second-order valence-corrected chi connectivity index (χ2v) is 5.01. The topological polar surface area (TPSA) is 60.5 Å². The fourth-order valence-corrected chi connectivity index (χ4v) is 2.70. The predicted molar refractivity (Wildman–Crippen MR) is 81.4 cm³/mol. The van der Waals surface area contributed by atoms with Crippen molar-refractivity contribution in [3.8, 4) is 0 Å². The molecule has 4 rings (SSSR count). The lowest BCUT2D eigenvalue weighted by Gasteiger charge is -2.31. The first-order chi connectivity index (χ1) is 10.3. The fourth-order valence-electron chi connectivity index (χ4n) is 2.70. The number of aliphatic imine (C=N–C) groups is 1. The molecule has 2 N–H and O–H groups in total. The monoisotopic (exact) mass is 278 g/mol. The second-order valence-electron chi connectivity index (χ2n) is 5.01. The van der Waals surface area contributed by atoms with E-state index in [1.165, 1.54) is 0 Å². The van der Waals surface area contributed by atoms with Crippen LogP contribution in [0.3, 0.4) is 0 Å². The molecule has 0 bridgehead atoms. The average Bonchev–Trinajstić information content (AvgIpc) is 3.19. The summed E-state index contributed by atoms with van der Waals surface area (Å²) in [4.78, 5) is 21.8. The van der Waals surface area contributed by atoms with E-state index < -0.39 is 0 Å². The molecule has 5 nitrogen and oxygen atoms in total. The van der Waals surface area contributed by atoms with Crippen molar-refractivity contribution in [3.05, 3.63) is 65.7 Å². The standard InChI is InChI=1S/C16H14N4O/c21-14(13-6-3-7-17-13)10-15-19-12-5-2-1-4-11(12)16-18-8-9-20(15)16/h1-7,10,17,19H,8-9H2/b15-10+. The number of benzene rings is 1. The van der Waals surface area contributed by atoms with E-state index in [-0.39, 0.29) is 5.78 Å². The maximum Gasteiger partial charge on any atom is 0.205 e. The maximum atomic E-state index is 12.3. The van der Waals surface area contributed by atoms with E-state index in [4.69, 9.17) is 0 Å². The van der Waals surface area contributed by atoms with Crippen LogP contribution in [-0.2, 0) is 0 Å². The molecule has 21 heavy (non-hydrogen) atoms. The van der Waals surface area contributed by atoms with Crippen molar-refractivity contribution < 1.29 is 4.79 Å². The van der Waals surface area contributed by atoms with Crippen molar-refractivity contribution in [2.24, 2.45) is 4.99 Å². The molecule has 0 radical (unpaired) electrons. The van der Waals surface area contributed by atoms with Gasteiger partial charge in [0.05, 0.1) is 17.9 Å². The van der Waals surface area contributed by atoms with Crippen LogP contribution in [0.25, 0.3) is 0 Å². The number of anilines is 1. The Morgan fingerprint density at radius 1 is 1.24 bits per heavy atom. The molecule has 0 atom stereocenters. The molecule has 2 aliphatic rings. The molecular weight excluding hydrogens is 264 g/mol. The van der Waals surface area contributed by atoms with Crippen LogP contribution in [0, 0.1) is 0 Å². The first-order valence-electron chi connectivity index (χ1n) is 6.91. The third-order valence-electron chi connectivity index (χ3n) is 3.69. The molecule has 0 amide bonds. The Kier molecular flexibility index (Phi) is 2.64. The zero-order valence-corrected chi connectivity index (χ0v) is 11.3. The van der Waals surface area contributed by atoms with Gasteiger partial charge in [0.25, 0.3) is 0 Å². The molecule has 0 saturated heterocycles. The van der Waals surface area contributed by atoms with Gasteiger partial charge in [0.2, 0.25) is 5.78 Å². The first-order valence-corrected chi connectivity index (χ1v) is 6.91. The van der Waals surface area contributed by atoms with Crippen LogP contribution in [0.5, 0.6) is 0 Å². The minimum absolute atomic E-state index is 0.0480. The minimum Gasteiger partial charge on any atom is -0.359 e. The number of carbonyl (C=O) groups excluding carboxylic acids is 1. The van der Waals surface area contributed by atoms with Gasteiger partial charge in [0.15, 0.2) is 0 Å². The van der Waals surface area contributed by atoms with Crippen LogP contribution in [-0.4, -0.2) is 34.6 Å². The largest absolute Gasteiger partial charge is 0.359 e. The summed E-state index contributed by atoms with van der Waals surface area (Å²) in [6.45, 7) is 1.54. The fraction of sp³-hybridized carbons (Fsp3) is 0.125. The zero-order valence-electron chi connectivity index (χ0n) is 11.3. The van der Waals surface area contributed by atoms with Gasteiger partial charge in [-0.15, -0.1) is 0 Å². The van der Waals surface area contributed by atoms with Crippen LogP contribution in [0.15, 0.2) is 59.5 Å². The first kappa shape index (κ1) is 12.0. The van der Waals surface area contributed by atoms with Crippen LogP contribution >= 0.6 is 0 Å². The van der Waals surface area contributed by atoms with E-state index in [0.717, 1.165) is 36.0 Å². The number of H-pyrrole nitrogens is 1. The van der Waals surface area contributed by atoms with Gasteiger partial charge in [-0.2, -0.15) is 0 Å². The lowest BCUT2D eigenvalue weighted by atomic mass is 10.1. The molecule has 0 fully saturated rings. The van der Waals surface area contributed by atoms with Gasteiger partial charge >= 0.3 is 0 Å². The number of nitrogens with zero attached hydrogens (tertiary/aromatic N) is 2. The summed E-state index contributed by atoms with van der Waals surface area (Å²) >= 11 is 0. The van der Waals surface area contributed by atoms with E-state index in [9.17, 15) is 4.79 Å². The van der Waals surface area contributed by atoms with Crippen molar-refractivity contribution >= 4 is 17.3 Å². The second kappa shape index (κ2) is 4.63. The summed E-state index contributed by atoms with van der Waals surface area (Å²) in [5.41, 5.74) is 2.65. The highest BCUT2D eigenvalue weighted by Gasteiger charge is 2.29. The molecule has 0 unspecified atom stereocenters. The van der Waals surface area contributed by atoms with Gasteiger partial charge in [-0.3, -0.25) is 9.79 Å². The lowest BCUT2D eigenvalue weighted by Crippen LogP contribution is -2.36. The Hall–Kier alpha value is -2.82. The van der Waals surface area contributed by atoms with Crippen LogP contribution in [0.4, 0.5) is 5.69 Å². The molecule has 104 valence electrons. The Morgan fingerprint density at radius 2 is 2.14 bits per heavy atom. The van der Waals surface area contributed by atoms with E-state index in [2.05, 4.69) is 20.2 Å². The maximum absolute atomic E-state index is 12.3. The number of para-hydroxylation sites is 1. The molecule has 2 aromatic rings. The van der Waals surface area contributed by atoms with Crippen molar-refractivity contribution in [1.82, 2.24) is 9.88 Å². The normalized spacial score (nSPS) is 18.0. The Bertz CT molecular complexity index is 758. The SMILES string of the molecule is O=C(/C=C1\Nc2ccccc2C2=NCCN21)c1ccc[nH]1. The summed E-state index contributed by atoms with van der Waals surface area (Å²) in [5, 5.41) is 3.33. The zero-order chi connectivity index (χ0) is 14.2. The summed E-state index contributed by atoms with van der Waals surface area (Å²) < 4.78 is 0. The van der Waals surface area contributed by atoms with Crippen molar-refractivity contribution in [2.45, 2.75) is 0 Å². The minimum atomic E-state index is -0.0480. The molecular formula is C16H14N4O. The Morgan fingerprint density at radius 3 is 3.00 bits per heavy atom. The number of rotatable bonds is 2. The third kappa shape index (κ3) is 1.94. The Balaban J connectivity index is 1.75. The predicted octanol–water partition coefficient (Wildman–Crippen LogP) is 2.23. The van der Waals surface area contributed by atoms with E-state index in [1.54, 1.807) is 18.3 Å². The number of ketones is 1. The number of fused-ring (bicyclic) bond motifs is 3. The van der Waals surface area contributed by atoms with E-state index >= 15 is 0 Å². The molecule has 1 aromatic heterocycles.